The van der Waals surface area contributed by atoms with Crippen molar-refractivity contribution in [3.8, 4) is 0 Å². The van der Waals surface area contributed by atoms with Gasteiger partial charge in [0.05, 0.1) is 10.6 Å². The number of halogens is 4. The van der Waals surface area contributed by atoms with Gasteiger partial charge in [0.1, 0.15) is 4.90 Å². The molecule has 0 aromatic heterocycles. The molecule has 5 nitrogen and oxygen atoms in total. The Kier molecular flexibility index (Phi) is 6.21. The number of benzene rings is 2. The van der Waals surface area contributed by atoms with E-state index < -0.39 is 27.7 Å². The van der Waals surface area contributed by atoms with Gasteiger partial charge in [-0.2, -0.15) is 17.5 Å². The first kappa shape index (κ1) is 21.6. The van der Waals surface area contributed by atoms with E-state index in [0.717, 1.165) is 37.5 Å². The Balaban J connectivity index is 1.86. The van der Waals surface area contributed by atoms with Crippen LogP contribution in [0.15, 0.2) is 47.4 Å². The number of carbonyl (C=O) groups excluding carboxylic acids is 1. The van der Waals surface area contributed by atoms with Crippen LogP contribution in [-0.4, -0.2) is 31.7 Å². The van der Waals surface area contributed by atoms with E-state index in [9.17, 15) is 26.4 Å². The summed E-state index contributed by atoms with van der Waals surface area (Å²) in [6.07, 6.45) is -2.12. The number of hydrogen-bond acceptors (Lipinski definition) is 3. The molecule has 1 amide bonds. The average molecular weight is 447 g/mol. The van der Waals surface area contributed by atoms with Crippen molar-refractivity contribution in [2.45, 2.75) is 30.3 Å². The summed E-state index contributed by atoms with van der Waals surface area (Å²) in [5.74, 6) is -0.792. The van der Waals surface area contributed by atoms with Crippen molar-refractivity contribution in [2.24, 2.45) is 0 Å². The fourth-order valence-electron chi connectivity index (χ4n) is 3.06. The minimum absolute atomic E-state index is 0.00708. The number of hydrogen-bond donors (Lipinski definition) is 1. The van der Waals surface area contributed by atoms with E-state index in [1.54, 1.807) is 0 Å². The first-order chi connectivity index (χ1) is 13.6. The van der Waals surface area contributed by atoms with Crippen LogP contribution >= 0.6 is 11.6 Å². The van der Waals surface area contributed by atoms with Crippen LogP contribution in [0.2, 0.25) is 5.02 Å². The van der Waals surface area contributed by atoms with Crippen LogP contribution < -0.4 is 5.32 Å². The molecule has 0 aliphatic carbocycles. The Morgan fingerprint density at radius 1 is 1.03 bits per heavy atom. The van der Waals surface area contributed by atoms with Crippen LogP contribution in [0.25, 0.3) is 0 Å². The summed E-state index contributed by atoms with van der Waals surface area (Å²) in [6.45, 7) is 0.777. The zero-order valence-electron chi connectivity index (χ0n) is 15.2. The maximum Gasteiger partial charge on any atom is 0.416 e. The lowest BCUT2D eigenvalue weighted by molar-refractivity contribution is -0.137. The molecule has 1 aliphatic rings. The highest BCUT2D eigenvalue weighted by atomic mass is 35.5. The van der Waals surface area contributed by atoms with Gasteiger partial charge in [-0.15, -0.1) is 0 Å². The molecule has 2 aromatic rings. The van der Waals surface area contributed by atoms with Crippen LogP contribution in [0.5, 0.6) is 0 Å². The maximum atomic E-state index is 12.9. The quantitative estimate of drug-likeness (QED) is 0.734. The summed E-state index contributed by atoms with van der Waals surface area (Å²) in [5.41, 5.74) is -1.03. The fourth-order valence-corrected chi connectivity index (χ4v) is 5.08. The van der Waals surface area contributed by atoms with Crippen molar-refractivity contribution in [1.82, 2.24) is 4.31 Å². The molecule has 29 heavy (non-hydrogen) atoms. The van der Waals surface area contributed by atoms with Crippen LogP contribution in [-0.2, 0) is 16.2 Å². The van der Waals surface area contributed by atoms with E-state index in [1.165, 1.54) is 28.6 Å². The van der Waals surface area contributed by atoms with Gasteiger partial charge in [-0.05, 0) is 49.2 Å². The molecule has 0 bridgehead atoms. The monoisotopic (exact) mass is 446 g/mol. The van der Waals surface area contributed by atoms with Crippen molar-refractivity contribution in [3.05, 3.63) is 58.6 Å². The molecule has 156 valence electrons. The largest absolute Gasteiger partial charge is 0.416 e. The van der Waals surface area contributed by atoms with Crippen molar-refractivity contribution in [3.63, 3.8) is 0 Å². The summed E-state index contributed by atoms with van der Waals surface area (Å²) >= 11 is 6.08. The number of anilines is 1. The topological polar surface area (TPSA) is 66.5 Å². The second kappa shape index (κ2) is 8.33. The number of nitrogens with zero attached hydrogens (tertiary/aromatic N) is 1. The van der Waals surface area contributed by atoms with Gasteiger partial charge in [-0.25, -0.2) is 8.42 Å². The molecule has 1 fully saturated rings. The highest BCUT2D eigenvalue weighted by Crippen LogP contribution is 2.31. The fraction of sp³-hybridized carbons (Fsp3) is 0.316. The predicted molar refractivity (Wildman–Crippen MR) is 103 cm³/mol. The van der Waals surface area contributed by atoms with E-state index in [1.807, 2.05) is 0 Å². The van der Waals surface area contributed by atoms with Crippen molar-refractivity contribution < 1.29 is 26.4 Å². The van der Waals surface area contributed by atoms with E-state index >= 15 is 0 Å². The van der Waals surface area contributed by atoms with Gasteiger partial charge in [-0.1, -0.05) is 24.1 Å². The molecule has 1 aliphatic heterocycles. The molecule has 0 unspecified atom stereocenters. The maximum absolute atomic E-state index is 12.9. The van der Waals surface area contributed by atoms with E-state index in [4.69, 9.17) is 11.6 Å². The smallest absolute Gasteiger partial charge is 0.322 e. The molecule has 1 heterocycles. The molecule has 10 heteroatoms. The van der Waals surface area contributed by atoms with Gasteiger partial charge in [0.25, 0.3) is 5.91 Å². The second-order valence-corrected chi connectivity index (χ2v) is 8.96. The molecule has 2 aromatic carbocycles. The highest BCUT2D eigenvalue weighted by Gasteiger charge is 2.31. The Morgan fingerprint density at radius 2 is 1.72 bits per heavy atom. The summed E-state index contributed by atoms with van der Waals surface area (Å²) in [6, 6.07) is 7.91. The zero-order valence-corrected chi connectivity index (χ0v) is 16.7. The van der Waals surface area contributed by atoms with Gasteiger partial charge in [-0.3, -0.25) is 4.79 Å². The molecule has 1 N–H and O–H groups in total. The number of rotatable bonds is 4. The van der Waals surface area contributed by atoms with Crippen molar-refractivity contribution in [1.29, 1.82) is 0 Å². The Morgan fingerprint density at radius 3 is 2.38 bits per heavy atom. The Bertz CT molecular complexity index is 1020. The van der Waals surface area contributed by atoms with E-state index in [0.29, 0.717) is 13.1 Å². The zero-order chi connectivity index (χ0) is 21.2. The lowest BCUT2D eigenvalue weighted by atomic mass is 10.1. The minimum Gasteiger partial charge on any atom is -0.322 e. The lowest BCUT2D eigenvalue weighted by Gasteiger charge is -2.26. The number of carbonyl (C=O) groups is 1. The van der Waals surface area contributed by atoms with Crippen molar-refractivity contribution in [2.75, 3.05) is 18.4 Å². The molecular weight excluding hydrogens is 429 g/mol. The molecule has 0 spiro atoms. The normalized spacial score (nSPS) is 15.9. The van der Waals surface area contributed by atoms with Gasteiger partial charge < -0.3 is 5.32 Å². The summed E-state index contributed by atoms with van der Waals surface area (Å²) < 4.78 is 65.6. The molecule has 0 atom stereocenters. The summed E-state index contributed by atoms with van der Waals surface area (Å²) in [5, 5.41) is 2.44. The van der Waals surface area contributed by atoms with Crippen molar-refractivity contribution >= 4 is 33.2 Å². The third-order valence-corrected chi connectivity index (χ3v) is 6.95. The standard InChI is InChI=1S/C19H18ClF3N2O3S/c20-16-8-7-15(12-17(16)29(27,28)25-9-2-1-3-10-25)24-18(26)13-5-4-6-14(11-13)19(21,22)23/h4-8,11-12H,1-3,9-10H2,(H,24,26). The van der Waals surface area contributed by atoms with Crippen LogP contribution in [0, 0.1) is 0 Å². The average Bonchev–Trinajstić information content (AvgIpc) is 2.69. The van der Waals surface area contributed by atoms with Crippen LogP contribution in [0.4, 0.5) is 18.9 Å². The first-order valence-electron chi connectivity index (χ1n) is 8.87. The number of sulfonamides is 1. The van der Waals surface area contributed by atoms with Gasteiger partial charge in [0.2, 0.25) is 10.0 Å². The van der Waals surface area contributed by atoms with Gasteiger partial charge in [0.15, 0.2) is 0 Å². The van der Waals surface area contributed by atoms with Crippen LogP contribution in [0.3, 0.4) is 0 Å². The summed E-state index contributed by atoms with van der Waals surface area (Å²) in [7, 11) is -3.84. The van der Waals surface area contributed by atoms with E-state index in [-0.39, 0.29) is 21.2 Å². The van der Waals surface area contributed by atoms with Gasteiger partial charge in [0, 0.05) is 24.3 Å². The molecule has 0 saturated carbocycles. The van der Waals surface area contributed by atoms with E-state index in [2.05, 4.69) is 5.32 Å². The Labute approximate surface area is 171 Å². The van der Waals surface area contributed by atoms with Gasteiger partial charge >= 0.3 is 6.18 Å². The predicted octanol–water partition coefficient (Wildman–Crippen LogP) is 4.79. The number of amides is 1. The number of nitrogens with one attached hydrogen (secondary N) is 1. The molecule has 3 rings (SSSR count). The number of alkyl halides is 3. The number of piperidine rings is 1. The molecule has 1 saturated heterocycles. The minimum atomic E-state index is -4.58. The third kappa shape index (κ3) is 4.91. The van der Waals surface area contributed by atoms with Crippen LogP contribution in [0.1, 0.15) is 35.2 Å². The first-order valence-corrected chi connectivity index (χ1v) is 10.7. The highest BCUT2D eigenvalue weighted by molar-refractivity contribution is 7.89. The second-order valence-electron chi connectivity index (χ2n) is 6.64. The molecule has 0 radical (unpaired) electrons. The Hall–Kier alpha value is -2.10. The SMILES string of the molecule is O=C(Nc1ccc(Cl)c(S(=O)(=O)N2CCCCC2)c1)c1cccc(C(F)(F)F)c1. The lowest BCUT2D eigenvalue weighted by Crippen LogP contribution is -2.35. The summed E-state index contributed by atoms with van der Waals surface area (Å²) in [4.78, 5) is 12.2. The third-order valence-electron chi connectivity index (χ3n) is 4.57. The molecular formula is C19H18ClF3N2O3S.